The number of aliphatic imine (C=N–C) groups is 1. The summed E-state index contributed by atoms with van der Waals surface area (Å²) in [6.45, 7) is 3.28. The Morgan fingerprint density at radius 1 is 1.27 bits per heavy atom. The number of hydrogen-bond donors (Lipinski definition) is 2. The van der Waals surface area contributed by atoms with Crippen LogP contribution >= 0.6 is 11.8 Å². The van der Waals surface area contributed by atoms with Crippen LogP contribution in [0.2, 0.25) is 0 Å². The number of hydrogen-bond acceptors (Lipinski definition) is 5. The van der Waals surface area contributed by atoms with Gasteiger partial charge in [0.1, 0.15) is 18.1 Å². The number of nitrogens with zero attached hydrogens (tertiary/aromatic N) is 4. The second kappa shape index (κ2) is 11.2. The first-order valence-electron chi connectivity index (χ1n) is 10.6. The molecule has 0 spiro atoms. The van der Waals surface area contributed by atoms with Gasteiger partial charge in [0.15, 0.2) is 11.8 Å². The lowest BCUT2D eigenvalue weighted by Gasteiger charge is -2.30. The number of aromatic nitrogens is 3. The summed E-state index contributed by atoms with van der Waals surface area (Å²) >= 11 is 1.98. The summed E-state index contributed by atoms with van der Waals surface area (Å²) in [5.74, 6) is 3.51. The van der Waals surface area contributed by atoms with Crippen LogP contribution in [0.25, 0.3) is 0 Å². The first-order chi connectivity index (χ1) is 14.6. The van der Waals surface area contributed by atoms with Crippen molar-refractivity contribution in [3.63, 3.8) is 0 Å². The molecule has 2 N–H and O–H groups in total. The number of aryl methyl sites for hydroxylation is 1. The second-order valence-corrected chi connectivity index (χ2v) is 8.92. The van der Waals surface area contributed by atoms with Crippen molar-refractivity contribution in [1.29, 1.82) is 0 Å². The Hall–Kier alpha value is -2.22. The standard InChI is InChI=1S/C22H34N6OS/c1-16-26-27-21(28(16)2)15-24-22(25-18-6-5-7-20(14-18)30-4)23-13-12-17-8-10-19(29-3)11-9-17/h8-11,18,20H,5-7,12-15H2,1-4H3,(H2,23,24,25). The molecule has 0 bridgehead atoms. The van der Waals surface area contributed by atoms with Crippen LogP contribution in [0.4, 0.5) is 0 Å². The number of thioether (sulfide) groups is 1. The first-order valence-corrected chi connectivity index (χ1v) is 11.9. The van der Waals surface area contributed by atoms with Crippen LogP contribution in [0.1, 0.15) is 42.9 Å². The molecule has 3 rings (SSSR count). The average molecular weight is 431 g/mol. The van der Waals surface area contributed by atoms with Crippen molar-refractivity contribution < 1.29 is 4.74 Å². The van der Waals surface area contributed by atoms with E-state index in [9.17, 15) is 0 Å². The van der Waals surface area contributed by atoms with Gasteiger partial charge in [-0.25, -0.2) is 4.99 Å². The third-order valence-electron chi connectivity index (χ3n) is 5.73. The van der Waals surface area contributed by atoms with E-state index in [1.54, 1.807) is 7.11 Å². The molecule has 0 saturated heterocycles. The summed E-state index contributed by atoms with van der Waals surface area (Å²) < 4.78 is 7.23. The van der Waals surface area contributed by atoms with Gasteiger partial charge in [0, 0.05) is 24.9 Å². The van der Waals surface area contributed by atoms with Crippen molar-refractivity contribution in [2.45, 2.75) is 56.9 Å². The van der Waals surface area contributed by atoms with Crippen LogP contribution < -0.4 is 15.4 Å². The molecule has 1 aromatic heterocycles. The van der Waals surface area contributed by atoms with E-state index in [-0.39, 0.29) is 0 Å². The van der Waals surface area contributed by atoms with Crippen LogP contribution in [0.15, 0.2) is 29.3 Å². The number of methoxy groups -OCH3 is 1. The van der Waals surface area contributed by atoms with Crippen LogP contribution in [0.3, 0.4) is 0 Å². The van der Waals surface area contributed by atoms with Crippen LogP contribution in [-0.4, -0.2) is 51.9 Å². The lowest BCUT2D eigenvalue weighted by atomic mass is 9.95. The van der Waals surface area contributed by atoms with Gasteiger partial charge < -0.3 is 19.9 Å². The van der Waals surface area contributed by atoms with Gasteiger partial charge in [0.05, 0.1) is 7.11 Å². The molecule has 1 aromatic carbocycles. The van der Waals surface area contributed by atoms with E-state index in [0.717, 1.165) is 41.6 Å². The molecule has 1 aliphatic rings. The number of benzene rings is 1. The molecular weight excluding hydrogens is 396 g/mol. The Kier molecular flexibility index (Phi) is 8.42. The van der Waals surface area contributed by atoms with Crippen molar-refractivity contribution in [3.8, 4) is 5.75 Å². The maximum absolute atomic E-state index is 5.24. The molecule has 8 heteroatoms. The molecule has 2 unspecified atom stereocenters. The van der Waals surface area contributed by atoms with Gasteiger partial charge >= 0.3 is 0 Å². The highest BCUT2D eigenvalue weighted by atomic mass is 32.2. The molecule has 2 aromatic rings. The number of nitrogens with one attached hydrogen (secondary N) is 2. The lowest BCUT2D eigenvalue weighted by molar-refractivity contribution is 0.414. The monoisotopic (exact) mass is 430 g/mol. The molecule has 2 atom stereocenters. The van der Waals surface area contributed by atoms with Gasteiger partial charge in [-0.1, -0.05) is 18.6 Å². The summed E-state index contributed by atoms with van der Waals surface area (Å²) in [4.78, 5) is 4.82. The predicted molar refractivity (Wildman–Crippen MR) is 124 cm³/mol. The van der Waals surface area contributed by atoms with Gasteiger partial charge in [0.25, 0.3) is 0 Å². The Labute approximate surface area is 184 Å². The topological polar surface area (TPSA) is 76.4 Å². The largest absolute Gasteiger partial charge is 0.497 e. The minimum Gasteiger partial charge on any atom is -0.497 e. The Balaban J connectivity index is 1.61. The summed E-state index contributed by atoms with van der Waals surface area (Å²) in [5.41, 5.74) is 1.27. The van der Waals surface area contributed by atoms with Gasteiger partial charge in [-0.2, -0.15) is 11.8 Å². The fourth-order valence-corrected chi connectivity index (χ4v) is 4.52. The van der Waals surface area contributed by atoms with Gasteiger partial charge in [-0.15, -0.1) is 10.2 Å². The minimum atomic E-state index is 0.463. The highest BCUT2D eigenvalue weighted by molar-refractivity contribution is 7.99. The molecule has 7 nitrogen and oxygen atoms in total. The van der Waals surface area contributed by atoms with Gasteiger partial charge in [0.2, 0.25) is 0 Å². The lowest BCUT2D eigenvalue weighted by Crippen LogP contribution is -2.46. The van der Waals surface area contributed by atoms with E-state index in [1.807, 2.05) is 42.4 Å². The van der Waals surface area contributed by atoms with Crippen molar-refractivity contribution in [1.82, 2.24) is 25.4 Å². The van der Waals surface area contributed by atoms with E-state index < -0.39 is 0 Å². The average Bonchev–Trinajstić information content (AvgIpc) is 3.10. The zero-order chi connectivity index (χ0) is 21.3. The second-order valence-electron chi connectivity index (χ2n) is 7.78. The zero-order valence-corrected chi connectivity index (χ0v) is 19.3. The quantitative estimate of drug-likeness (QED) is 0.495. The maximum atomic E-state index is 5.24. The summed E-state index contributed by atoms with van der Waals surface area (Å²) in [5, 5.41) is 16.3. The van der Waals surface area contributed by atoms with Crippen molar-refractivity contribution in [3.05, 3.63) is 41.5 Å². The molecule has 30 heavy (non-hydrogen) atoms. The molecular formula is C22H34N6OS. The maximum Gasteiger partial charge on any atom is 0.191 e. The van der Waals surface area contributed by atoms with Crippen molar-refractivity contribution in [2.24, 2.45) is 12.0 Å². The Morgan fingerprint density at radius 2 is 2.07 bits per heavy atom. The minimum absolute atomic E-state index is 0.463. The smallest absolute Gasteiger partial charge is 0.191 e. The molecule has 1 heterocycles. The fraction of sp³-hybridized carbons (Fsp3) is 0.591. The van der Waals surface area contributed by atoms with Crippen LogP contribution in [0.5, 0.6) is 5.75 Å². The Morgan fingerprint density at radius 3 is 2.73 bits per heavy atom. The molecule has 0 amide bonds. The van der Waals surface area contributed by atoms with Crippen molar-refractivity contribution in [2.75, 3.05) is 19.9 Å². The molecule has 1 fully saturated rings. The van der Waals surface area contributed by atoms with E-state index in [2.05, 4.69) is 39.2 Å². The molecule has 164 valence electrons. The SMILES string of the molecule is COc1ccc(CCNC(=NCc2nnc(C)n2C)NC2CCCC(SC)C2)cc1. The molecule has 1 aliphatic carbocycles. The van der Waals surface area contributed by atoms with Crippen LogP contribution in [-0.2, 0) is 20.0 Å². The van der Waals surface area contributed by atoms with E-state index in [0.29, 0.717) is 12.6 Å². The van der Waals surface area contributed by atoms with Crippen LogP contribution in [0, 0.1) is 6.92 Å². The third-order valence-corrected chi connectivity index (χ3v) is 6.82. The summed E-state index contributed by atoms with van der Waals surface area (Å²) in [7, 11) is 3.67. The normalized spacial score (nSPS) is 19.5. The number of rotatable bonds is 8. The predicted octanol–water partition coefficient (Wildman–Crippen LogP) is 3.08. The fourth-order valence-electron chi connectivity index (χ4n) is 3.69. The summed E-state index contributed by atoms with van der Waals surface area (Å²) in [6, 6.07) is 8.69. The first kappa shape index (κ1) is 22.5. The zero-order valence-electron chi connectivity index (χ0n) is 18.5. The third kappa shape index (κ3) is 6.39. The van der Waals surface area contributed by atoms with Gasteiger partial charge in [-0.3, -0.25) is 0 Å². The van der Waals surface area contributed by atoms with E-state index >= 15 is 0 Å². The number of guanidine groups is 1. The highest BCUT2D eigenvalue weighted by Gasteiger charge is 2.22. The molecule has 0 radical (unpaired) electrons. The highest BCUT2D eigenvalue weighted by Crippen LogP contribution is 2.26. The molecule has 1 saturated carbocycles. The van der Waals surface area contributed by atoms with E-state index in [1.165, 1.54) is 31.2 Å². The van der Waals surface area contributed by atoms with Crippen molar-refractivity contribution >= 4 is 17.7 Å². The Bertz CT molecular complexity index is 820. The van der Waals surface area contributed by atoms with E-state index in [4.69, 9.17) is 9.73 Å². The molecule has 0 aliphatic heterocycles. The summed E-state index contributed by atoms with van der Waals surface area (Å²) in [6.07, 6.45) is 8.10. The van der Waals surface area contributed by atoms with Gasteiger partial charge in [-0.05, 0) is 56.6 Å². The number of ether oxygens (including phenoxy) is 1.